The van der Waals surface area contributed by atoms with Crippen LogP contribution in [0.15, 0.2) is 18.2 Å². The maximum atomic E-state index is 13.3. The highest BCUT2D eigenvalue weighted by Crippen LogP contribution is 2.14. The van der Waals surface area contributed by atoms with Gasteiger partial charge in [-0.1, -0.05) is 11.6 Å². The summed E-state index contributed by atoms with van der Waals surface area (Å²) >= 11 is 5.75. The predicted molar refractivity (Wildman–Crippen MR) is 66.4 cm³/mol. The van der Waals surface area contributed by atoms with Crippen molar-refractivity contribution in [1.29, 1.82) is 0 Å². The van der Waals surface area contributed by atoms with Gasteiger partial charge in [-0.2, -0.15) is 0 Å². The van der Waals surface area contributed by atoms with E-state index in [0.717, 1.165) is 0 Å². The predicted octanol–water partition coefficient (Wildman–Crippen LogP) is 2.09. The van der Waals surface area contributed by atoms with Crippen LogP contribution in [0.1, 0.15) is 19.4 Å². The second kappa shape index (κ2) is 6.57. The first-order valence-corrected chi connectivity index (χ1v) is 5.81. The first kappa shape index (κ1) is 13.9. The second-order valence-corrected chi connectivity index (χ2v) is 4.50. The lowest BCUT2D eigenvalue weighted by molar-refractivity contribution is -0.120. The number of hydrogen-bond donors (Lipinski definition) is 2. The molecule has 0 heterocycles. The van der Waals surface area contributed by atoms with Crippen LogP contribution in [0.5, 0.6) is 0 Å². The van der Waals surface area contributed by atoms with Gasteiger partial charge >= 0.3 is 0 Å². The maximum absolute atomic E-state index is 13.3. The van der Waals surface area contributed by atoms with E-state index in [0.29, 0.717) is 10.6 Å². The number of hydrogen-bond acceptors (Lipinski definition) is 2. The third-order valence-electron chi connectivity index (χ3n) is 2.06. The van der Waals surface area contributed by atoms with Crippen molar-refractivity contribution >= 4 is 17.5 Å². The van der Waals surface area contributed by atoms with Crippen LogP contribution in [-0.2, 0) is 11.3 Å². The number of amides is 1. The van der Waals surface area contributed by atoms with E-state index in [9.17, 15) is 9.18 Å². The molecule has 0 aliphatic heterocycles. The van der Waals surface area contributed by atoms with Crippen molar-refractivity contribution in [2.24, 2.45) is 0 Å². The Morgan fingerprint density at radius 2 is 2.18 bits per heavy atom. The fraction of sp³-hybridized carbons (Fsp3) is 0.417. The molecule has 3 nitrogen and oxygen atoms in total. The molecule has 1 aromatic rings. The quantitative estimate of drug-likeness (QED) is 0.849. The van der Waals surface area contributed by atoms with Gasteiger partial charge in [0, 0.05) is 23.2 Å². The Labute approximate surface area is 105 Å². The molecule has 0 unspecified atom stereocenters. The van der Waals surface area contributed by atoms with E-state index in [1.165, 1.54) is 12.1 Å². The van der Waals surface area contributed by atoms with Crippen LogP contribution in [-0.4, -0.2) is 18.5 Å². The molecular formula is C12H16ClFN2O. The molecule has 0 saturated carbocycles. The molecule has 0 spiro atoms. The molecule has 1 aromatic carbocycles. The van der Waals surface area contributed by atoms with Gasteiger partial charge in [-0.25, -0.2) is 4.39 Å². The Balaban J connectivity index is 2.40. The average molecular weight is 259 g/mol. The first-order chi connectivity index (χ1) is 7.99. The van der Waals surface area contributed by atoms with Gasteiger partial charge in [0.15, 0.2) is 0 Å². The van der Waals surface area contributed by atoms with E-state index in [4.69, 9.17) is 11.6 Å². The number of rotatable bonds is 5. The van der Waals surface area contributed by atoms with E-state index in [1.807, 2.05) is 13.8 Å². The lowest BCUT2D eigenvalue weighted by Crippen LogP contribution is -2.37. The largest absolute Gasteiger partial charge is 0.353 e. The molecule has 17 heavy (non-hydrogen) atoms. The van der Waals surface area contributed by atoms with E-state index >= 15 is 0 Å². The minimum atomic E-state index is -0.328. The van der Waals surface area contributed by atoms with Gasteiger partial charge in [-0.15, -0.1) is 0 Å². The molecule has 0 bridgehead atoms. The molecule has 94 valence electrons. The summed E-state index contributed by atoms with van der Waals surface area (Å²) in [6.45, 7) is 4.20. The van der Waals surface area contributed by atoms with Crippen molar-refractivity contribution in [3.8, 4) is 0 Å². The van der Waals surface area contributed by atoms with Crippen LogP contribution < -0.4 is 10.6 Å². The highest BCUT2D eigenvalue weighted by atomic mass is 35.5. The number of carbonyl (C=O) groups excluding carboxylic acids is 1. The van der Waals surface area contributed by atoms with Crippen molar-refractivity contribution in [2.75, 3.05) is 6.54 Å². The maximum Gasteiger partial charge on any atom is 0.234 e. The number of nitrogens with one attached hydrogen (secondary N) is 2. The van der Waals surface area contributed by atoms with Crippen LogP contribution in [0.4, 0.5) is 4.39 Å². The Kier molecular flexibility index (Phi) is 5.38. The Morgan fingerprint density at radius 3 is 2.82 bits per heavy atom. The monoisotopic (exact) mass is 258 g/mol. The molecule has 5 heteroatoms. The highest BCUT2D eigenvalue weighted by molar-refractivity contribution is 6.30. The van der Waals surface area contributed by atoms with Crippen LogP contribution in [0.3, 0.4) is 0 Å². The topological polar surface area (TPSA) is 41.1 Å². The molecule has 0 radical (unpaired) electrons. The first-order valence-electron chi connectivity index (χ1n) is 5.43. The minimum absolute atomic E-state index is 0.104. The number of halogens is 2. The van der Waals surface area contributed by atoms with E-state index in [1.54, 1.807) is 6.07 Å². The zero-order valence-corrected chi connectivity index (χ0v) is 10.6. The second-order valence-electron chi connectivity index (χ2n) is 4.06. The third-order valence-corrected chi connectivity index (χ3v) is 2.29. The SMILES string of the molecule is CC(C)NC(=O)CNCc1cc(Cl)ccc1F. The van der Waals surface area contributed by atoms with Crippen LogP contribution in [0.2, 0.25) is 5.02 Å². The van der Waals surface area contributed by atoms with Crippen LogP contribution in [0.25, 0.3) is 0 Å². The summed E-state index contributed by atoms with van der Waals surface area (Å²) in [4.78, 5) is 11.3. The summed E-state index contributed by atoms with van der Waals surface area (Å²) in [6, 6.07) is 4.45. The lowest BCUT2D eigenvalue weighted by atomic mass is 10.2. The van der Waals surface area contributed by atoms with Gasteiger partial charge in [-0.05, 0) is 32.0 Å². The van der Waals surface area contributed by atoms with E-state index in [2.05, 4.69) is 10.6 Å². The molecule has 0 aliphatic rings. The highest BCUT2D eigenvalue weighted by Gasteiger charge is 2.05. The lowest BCUT2D eigenvalue weighted by Gasteiger charge is -2.09. The fourth-order valence-corrected chi connectivity index (χ4v) is 1.56. The molecule has 0 aromatic heterocycles. The molecule has 1 amide bonds. The van der Waals surface area contributed by atoms with E-state index < -0.39 is 0 Å². The Hall–Kier alpha value is -1.13. The van der Waals surface area contributed by atoms with Crippen LogP contribution in [0, 0.1) is 5.82 Å². The smallest absolute Gasteiger partial charge is 0.234 e. The zero-order chi connectivity index (χ0) is 12.8. The molecule has 0 aliphatic carbocycles. The van der Waals surface area contributed by atoms with Gasteiger partial charge < -0.3 is 10.6 Å². The molecule has 2 N–H and O–H groups in total. The Bertz CT molecular complexity index is 396. The summed E-state index contributed by atoms with van der Waals surface area (Å²) in [5.41, 5.74) is 0.454. The van der Waals surface area contributed by atoms with E-state index in [-0.39, 0.29) is 30.9 Å². The standard InChI is InChI=1S/C12H16ClFN2O/c1-8(2)16-12(17)7-15-6-9-5-10(13)3-4-11(9)14/h3-5,8,15H,6-7H2,1-2H3,(H,16,17). The Morgan fingerprint density at radius 1 is 1.47 bits per heavy atom. The third kappa shape index (κ3) is 5.15. The van der Waals surface area contributed by atoms with Gasteiger partial charge in [0.1, 0.15) is 5.82 Å². The summed E-state index contributed by atoms with van der Waals surface area (Å²) in [7, 11) is 0. The van der Waals surface area contributed by atoms with Crippen LogP contribution >= 0.6 is 11.6 Å². The fourth-order valence-electron chi connectivity index (χ4n) is 1.36. The van der Waals surface area contributed by atoms with Gasteiger partial charge in [-0.3, -0.25) is 4.79 Å². The van der Waals surface area contributed by atoms with Gasteiger partial charge in [0.05, 0.1) is 6.54 Å². The minimum Gasteiger partial charge on any atom is -0.353 e. The van der Waals surface area contributed by atoms with Crippen molar-refractivity contribution < 1.29 is 9.18 Å². The summed E-state index contributed by atoms with van der Waals surface area (Å²) in [5, 5.41) is 6.08. The normalized spacial score (nSPS) is 10.6. The summed E-state index contributed by atoms with van der Waals surface area (Å²) in [5.74, 6) is -0.436. The van der Waals surface area contributed by atoms with Crippen molar-refractivity contribution in [3.05, 3.63) is 34.6 Å². The molecule has 1 rings (SSSR count). The zero-order valence-electron chi connectivity index (χ0n) is 9.89. The molecular weight excluding hydrogens is 243 g/mol. The van der Waals surface area contributed by atoms with Crippen molar-refractivity contribution in [3.63, 3.8) is 0 Å². The number of carbonyl (C=O) groups is 1. The summed E-state index contributed by atoms with van der Waals surface area (Å²) in [6.07, 6.45) is 0. The van der Waals surface area contributed by atoms with Crippen molar-refractivity contribution in [1.82, 2.24) is 10.6 Å². The molecule has 0 saturated heterocycles. The number of benzene rings is 1. The van der Waals surface area contributed by atoms with Gasteiger partial charge in [0.25, 0.3) is 0 Å². The van der Waals surface area contributed by atoms with Crippen molar-refractivity contribution in [2.45, 2.75) is 26.4 Å². The van der Waals surface area contributed by atoms with Gasteiger partial charge in [0.2, 0.25) is 5.91 Å². The average Bonchev–Trinajstić information content (AvgIpc) is 2.22. The molecule has 0 fully saturated rings. The molecule has 0 atom stereocenters. The summed E-state index contributed by atoms with van der Waals surface area (Å²) < 4.78 is 13.3.